The van der Waals surface area contributed by atoms with E-state index in [9.17, 15) is 4.79 Å². The van der Waals surface area contributed by atoms with E-state index < -0.39 is 0 Å². The van der Waals surface area contributed by atoms with Crippen LogP contribution in [-0.4, -0.2) is 21.5 Å². The molecule has 1 nitrogen and oxygen atoms in total. The van der Waals surface area contributed by atoms with Gasteiger partial charge in [0.2, 0.25) is 0 Å². The third kappa shape index (κ3) is 2.20. The van der Waals surface area contributed by atoms with Gasteiger partial charge in [-0.05, 0) is 5.72 Å². The average Bonchev–Trinajstić information content (AvgIpc) is 1.64. The topological polar surface area (TPSA) is 17.1 Å². The Morgan fingerprint density at radius 1 is 1.38 bits per heavy atom. The molecular formula is C5H12B2O. The van der Waals surface area contributed by atoms with Gasteiger partial charge in [0, 0.05) is 5.92 Å². The molecule has 0 radical (unpaired) electrons. The summed E-state index contributed by atoms with van der Waals surface area (Å²) in [5.74, 6) is 0.556. The zero-order valence-corrected chi connectivity index (χ0v) is 6.06. The summed E-state index contributed by atoms with van der Waals surface area (Å²) in [6.45, 7) is 3.87. The van der Waals surface area contributed by atoms with Crippen LogP contribution in [0.5, 0.6) is 0 Å². The molecule has 0 aliphatic carbocycles. The van der Waals surface area contributed by atoms with Gasteiger partial charge in [0.05, 0.1) is 0 Å². The number of carbonyl (C=O) groups is 1. The molecule has 0 spiro atoms. The van der Waals surface area contributed by atoms with Crippen molar-refractivity contribution in [2.45, 2.75) is 19.6 Å². The molecule has 0 aliphatic rings. The molecule has 0 N–H and O–H groups in total. The van der Waals surface area contributed by atoms with Crippen LogP contribution >= 0.6 is 0 Å². The summed E-state index contributed by atoms with van der Waals surface area (Å²) >= 11 is 0. The highest BCUT2D eigenvalue weighted by Crippen LogP contribution is 2.03. The molecule has 0 atom stereocenters. The van der Waals surface area contributed by atoms with E-state index in [1.807, 2.05) is 29.5 Å². The lowest BCUT2D eigenvalue weighted by molar-refractivity contribution is -0.120. The molecule has 0 unspecified atom stereocenters. The van der Waals surface area contributed by atoms with E-state index >= 15 is 0 Å². The quantitative estimate of drug-likeness (QED) is 0.426. The van der Waals surface area contributed by atoms with Gasteiger partial charge < -0.3 is 4.79 Å². The molecule has 0 amide bonds. The minimum Gasteiger partial charge on any atom is -0.301 e. The molecule has 44 valence electrons. The fourth-order valence-corrected chi connectivity index (χ4v) is 0.667. The highest BCUT2D eigenvalue weighted by molar-refractivity contribution is 6.46. The van der Waals surface area contributed by atoms with E-state index in [0.29, 0.717) is 5.78 Å². The molecule has 0 heterocycles. The number of Topliss-reactive ketones (excluding diaryl/α,β-unsaturated/α-hetero) is 1. The Kier molecular flexibility index (Phi) is 2.88. The molecule has 0 saturated heterocycles. The number of ketones is 1. The first kappa shape index (κ1) is 7.80. The lowest BCUT2D eigenvalue weighted by Crippen LogP contribution is -2.14. The lowest BCUT2D eigenvalue weighted by atomic mass is 9.66. The first-order chi connectivity index (χ1) is 3.55. The van der Waals surface area contributed by atoms with Crippen LogP contribution in [0.4, 0.5) is 0 Å². The van der Waals surface area contributed by atoms with Crippen molar-refractivity contribution < 1.29 is 4.79 Å². The highest BCUT2D eigenvalue weighted by Gasteiger charge is 2.10. The summed E-state index contributed by atoms with van der Waals surface area (Å²) in [6, 6.07) is 0. The van der Waals surface area contributed by atoms with E-state index in [1.54, 1.807) is 0 Å². The maximum absolute atomic E-state index is 10.8. The van der Waals surface area contributed by atoms with Crippen LogP contribution in [0.3, 0.4) is 0 Å². The molecule has 0 aromatic rings. The molecule has 0 aromatic heterocycles. The fraction of sp³-hybridized carbons (Fsp3) is 0.800. The smallest absolute Gasteiger partial charge is 0.123 e. The van der Waals surface area contributed by atoms with Gasteiger partial charge in [-0.1, -0.05) is 13.8 Å². The van der Waals surface area contributed by atoms with Crippen LogP contribution in [0.25, 0.3) is 0 Å². The van der Waals surface area contributed by atoms with E-state index in [1.165, 1.54) is 0 Å². The predicted molar refractivity (Wildman–Crippen MR) is 40.7 cm³/mol. The summed E-state index contributed by atoms with van der Waals surface area (Å²) < 4.78 is 0. The van der Waals surface area contributed by atoms with Gasteiger partial charge >= 0.3 is 0 Å². The summed E-state index contributed by atoms with van der Waals surface area (Å²) in [5, 5.41) is 0. The first-order valence-electron chi connectivity index (χ1n) is 3.09. The van der Waals surface area contributed by atoms with Gasteiger partial charge in [0.25, 0.3) is 0 Å². The van der Waals surface area contributed by atoms with Crippen molar-refractivity contribution in [3.8, 4) is 0 Å². The average molecular weight is 110 g/mol. The number of carbonyl (C=O) groups excluding carboxylic acids is 1. The Balaban J connectivity index is 3.65. The molecule has 0 aliphatic heterocycles. The largest absolute Gasteiger partial charge is 0.301 e. The van der Waals surface area contributed by atoms with Crippen molar-refractivity contribution in [1.82, 2.24) is 0 Å². The van der Waals surface area contributed by atoms with Gasteiger partial charge in [0.15, 0.2) is 0 Å². The molecular weight excluding hydrogens is 97.7 g/mol. The van der Waals surface area contributed by atoms with Crippen LogP contribution in [0, 0.1) is 5.92 Å². The monoisotopic (exact) mass is 110 g/mol. The van der Waals surface area contributed by atoms with Crippen molar-refractivity contribution in [1.29, 1.82) is 0 Å². The van der Waals surface area contributed by atoms with Gasteiger partial charge in [-0.25, -0.2) is 0 Å². The molecule has 0 fully saturated rings. The summed E-state index contributed by atoms with van der Waals surface area (Å²) in [5.41, 5.74) is 0.204. The predicted octanol–water partition coefficient (Wildman–Crippen LogP) is -0.776. The van der Waals surface area contributed by atoms with Crippen LogP contribution in [0.2, 0.25) is 5.72 Å². The molecule has 0 rings (SSSR count). The Labute approximate surface area is 52.7 Å². The second-order valence-electron chi connectivity index (χ2n) is 2.71. The SMILES string of the molecule is BC(B)C(=O)C(C)C. The summed E-state index contributed by atoms with van der Waals surface area (Å²) in [4.78, 5) is 10.8. The maximum atomic E-state index is 10.8. The highest BCUT2D eigenvalue weighted by atomic mass is 16.1. The lowest BCUT2D eigenvalue weighted by Gasteiger charge is -2.04. The molecule has 0 aromatic carbocycles. The van der Waals surface area contributed by atoms with E-state index in [4.69, 9.17) is 0 Å². The van der Waals surface area contributed by atoms with Gasteiger partial charge in [0.1, 0.15) is 21.5 Å². The van der Waals surface area contributed by atoms with E-state index in [0.717, 1.165) is 0 Å². The van der Waals surface area contributed by atoms with Gasteiger partial charge in [-0.3, -0.25) is 0 Å². The van der Waals surface area contributed by atoms with Crippen molar-refractivity contribution in [2.24, 2.45) is 5.92 Å². The van der Waals surface area contributed by atoms with Crippen molar-refractivity contribution >= 4 is 21.5 Å². The zero-order valence-electron chi connectivity index (χ0n) is 6.06. The van der Waals surface area contributed by atoms with Crippen LogP contribution in [-0.2, 0) is 4.79 Å². The van der Waals surface area contributed by atoms with Crippen LogP contribution in [0.15, 0.2) is 0 Å². The number of hydrogen-bond donors (Lipinski definition) is 0. The minimum atomic E-state index is 0.204. The Bertz CT molecular complexity index is 78.4. The normalized spacial score (nSPS) is 10.5. The second kappa shape index (κ2) is 2.95. The Morgan fingerprint density at radius 3 is 1.75 bits per heavy atom. The fourth-order valence-electron chi connectivity index (χ4n) is 0.667. The molecule has 0 bridgehead atoms. The minimum absolute atomic E-state index is 0.204. The van der Waals surface area contributed by atoms with Crippen molar-refractivity contribution in [2.75, 3.05) is 0 Å². The standard InChI is InChI=1S/C5H12B2O/c1-3(2)4(8)5(6)7/h3,5H,6-7H2,1-2H3. The number of rotatable bonds is 2. The Hall–Kier alpha value is -0.200. The third-order valence-electron chi connectivity index (χ3n) is 1.14. The zero-order chi connectivity index (χ0) is 6.73. The second-order valence-corrected chi connectivity index (χ2v) is 2.71. The summed E-state index contributed by atoms with van der Waals surface area (Å²) in [6.07, 6.45) is 0. The van der Waals surface area contributed by atoms with Gasteiger partial charge in [-0.2, -0.15) is 0 Å². The number of hydrogen-bond acceptors (Lipinski definition) is 1. The van der Waals surface area contributed by atoms with E-state index in [-0.39, 0.29) is 11.6 Å². The molecule has 8 heavy (non-hydrogen) atoms. The molecule has 0 saturated carbocycles. The van der Waals surface area contributed by atoms with Gasteiger partial charge in [-0.15, -0.1) is 0 Å². The Morgan fingerprint density at radius 2 is 1.75 bits per heavy atom. The van der Waals surface area contributed by atoms with E-state index in [2.05, 4.69) is 0 Å². The molecule has 3 heteroatoms. The van der Waals surface area contributed by atoms with Crippen molar-refractivity contribution in [3.05, 3.63) is 0 Å². The van der Waals surface area contributed by atoms with Crippen LogP contribution < -0.4 is 0 Å². The first-order valence-corrected chi connectivity index (χ1v) is 3.09. The summed E-state index contributed by atoms with van der Waals surface area (Å²) in [7, 11) is 3.87. The third-order valence-corrected chi connectivity index (χ3v) is 1.14. The maximum Gasteiger partial charge on any atom is 0.123 e. The van der Waals surface area contributed by atoms with Crippen LogP contribution in [0.1, 0.15) is 13.8 Å². The van der Waals surface area contributed by atoms with Crippen molar-refractivity contribution in [3.63, 3.8) is 0 Å².